The fourth-order valence-electron chi connectivity index (χ4n) is 1.93. The third-order valence-corrected chi connectivity index (χ3v) is 3.19. The second-order valence-corrected chi connectivity index (χ2v) is 4.28. The Morgan fingerprint density at radius 3 is 2.40 bits per heavy atom. The number of carbonyl (C=O) groups excluding carboxylic acids is 1. The Balaban J connectivity index is 2.20. The van der Waals surface area contributed by atoms with Crippen LogP contribution < -0.4 is 5.32 Å². The molecule has 4 nitrogen and oxygen atoms in total. The summed E-state index contributed by atoms with van der Waals surface area (Å²) in [6.07, 6.45) is 5.12. The number of hydrogen-bond acceptors (Lipinski definition) is 2. The van der Waals surface area contributed by atoms with Crippen LogP contribution in [0.3, 0.4) is 0 Å². The molecule has 1 aliphatic rings. The van der Waals surface area contributed by atoms with Gasteiger partial charge in [-0.3, -0.25) is 9.59 Å². The predicted octanol–water partition coefficient (Wildman–Crippen LogP) is 1.69. The van der Waals surface area contributed by atoms with E-state index in [1.165, 1.54) is 6.42 Å². The normalized spacial score (nSPS) is 17.9. The van der Waals surface area contributed by atoms with Gasteiger partial charge in [0.1, 0.15) is 0 Å². The van der Waals surface area contributed by atoms with Crippen LogP contribution in [-0.4, -0.2) is 22.5 Å². The SMILES string of the molecule is CCC1(NC(=O)CCCC(=O)O)CCC1. The van der Waals surface area contributed by atoms with Gasteiger partial charge in [0.2, 0.25) is 5.91 Å². The molecular formula is C11H19NO3. The molecule has 0 aromatic rings. The van der Waals surface area contributed by atoms with Crippen LogP contribution in [-0.2, 0) is 9.59 Å². The average molecular weight is 213 g/mol. The fraction of sp³-hybridized carbons (Fsp3) is 0.818. The minimum Gasteiger partial charge on any atom is -0.481 e. The van der Waals surface area contributed by atoms with Gasteiger partial charge in [-0.05, 0) is 32.1 Å². The maximum Gasteiger partial charge on any atom is 0.303 e. The van der Waals surface area contributed by atoms with Crippen molar-refractivity contribution < 1.29 is 14.7 Å². The van der Waals surface area contributed by atoms with E-state index in [1.54, 1.807) is 0 Å². The quantitative estimate of drug-likeness (QED) is 0.705. The Morgan fingerprint density at radius 1 is 1.33 bits per heavy atom. The van der Waals surface area contributed by atoms with Crippen molar-refractivity contribution in [2.75, 3.05) is 0 Å². The first-order valence-electron chi connectivity index (χ1n) is 5.61. The van der Waals surface area contributed by atoms with Crippen LogP contribution in [0.1, 0.15) is 51.9 Å². The summed E-state index contributed by atoms with van der Waals surface area (Å²) >= 11 is 0. The van der Waals surface area contributed by atoms with Gasteiger partial charge in [-0.2, -0.15) is 0 Å². The number of rotatable bonds is 6. The largest absolute Gasteiger partial charge is 0.481 e. The van der Waals surface area contributed by atoms with Crippen molar-refractivity contribution in [1.82, 2.24) is 5.32 Å². The number of carboxylic acid groups (broad SMARTS) is 1. The lowest BCUT2D eigenvalue weighted by Crippen LogP contribution is -2.52. The van der Waals surface area contributed by atoms with Gasteiger partial charge in [-0.1, -0.05) is 6.92 Å². The van der Waals surface area contributed by atoms with Crippen molar-refractivity contribution in [2.45, 2.75) is 57.4 Å². The zero-order valence-electron chi connectivity index (χ0n) is 9.21. The monoisotopic (exact) mass is 213 g/mol. The molecule has 0 atom stereocenters. The molecular weight excluding hydrogens is 194 g/mol. The molecule has 0 heterocycles. The summed E-state index contributed by atoms with van der Waals surface area (Å²) < 4.78 is 0. The van der Waals surface area contributed by atoms with E-state index in [2.05, 4.69) is 12.2 Å². The van der Waals surface area contributed by atoms with Crippen molar-refractivity contribution in [1.29, 1.82) is 0 Å². The number of aliphatic carboxylic acids is 1. The van der Waals surface area contributed by atoms with Crippen molar-refractivity contribution in [3.05, 3.63) is 0 Å². The van der Waals surface area contributed by atoms with Crippen LogP contribution in [0, 0.1) is 0 Å². The zero-order valence-corrected chi connectivity index (χ0v) is 9.21. The molecule has 0 saturated heterocycles. The number of nitrogens with one attached hydrogen (secondary N) is 1. The van der Waals surface area contributed by atoms with E-state index in [4.69, 9.17) is 5.11 Å². The number of hydrogen-bond donors (Lipinski definition) is 2. The molecule has 0 aromatic carbocycles. The fourth-order valence-corrected chi connectivity index (χ4v) is 1.93. The molecule has 2 N–H and O–H groups in total. The zero-order chi connectivity index (χ0) is 11.3. The Morgan fingerprint density at radius 2 is 2.00 bits per heavy atom. The van der Waals surface area contributed by atoms with E-state index in [0.29, 0.717) is 12.8 Å². The molecule has 1 saturated carbocycles. The van der Waals surface area contributed by atoms with Crippen molar-refractivity contribution in [3.63, 3.8) is 0 Å². The molecule has 0 unspecified atom stereocenters. The lowest BCUT2D eigenvalue weighted by atomic mass is 9.75. The molecule has 86 valence electrons. The third kappa shape index (κ3) is 3.53. The Labute approximate surface area is 90.0 Å². The first-order valence-corrected chi connectivity index (χ1v) is 5.61. The highest BCUT2D eigenvalue weighted by molar-refractivity contribution is 5.77. The van der Waals surface area contributed by atoms with Crippen LogP contribution in [0.2, 0.25) is 0 Å². The van der Waals surface area contributed by atoms with Gasteiger partial charge >= 0.3 is 5.97 Å². The first-order chi connectivity index (χ1) is 7.08. The third-order valence-electron chi connectivity index (χ3n) is 3.19. The molecule has 1 amide bonds. The summed E-state index contributed by atoms with van der Waals surface area (Å²) in [5.74, 6) is -0.838. The predicted molar refractivity (Wildman–Crippen MR) is 56.5 cm³/mol. The number of carbonyl (C=O) groups is 2. The van der Waals surface area contributed by atoms with Crippen molar-refractivity contribution >= 4 is 11.9 Å². The summed E-state index contributed by atoms with van der Waals surface area (Å²) in [7, 11) is 0. The average Bonchev–Trinajstić information content (AvgIpc) is 2.11. The molecule has 1 rings (SSSR count). The van der Waals surface area contributed by atoms with E-state index in [9.17, 15) is 9.59 Å². The van der Waals surface area contributed by atoms with Gasteiger partial charge in [-0.15, -0.1) is 0 Å². The lowest BCUT2D eigenvalue weighted by Gasteiger charge is -2.42. The smallest absolute Gasteiger partial charge is 0.303 e. The van der Waals surface area contributed by atoms with Gasteiger partial charge in [-0.25, -0.2) is 0 Å². The van der Waals surface area contributed by atoms with Crippen LogP contribution in [0.25, 0.3) is 0 Å². The standard InChI is InChI=1S/C11H19NO3/c1-2-11(7-4-8-11)12-9(13)5-3-6-10(14)15/h2-8H2,1H3,(H,12,13)(H,14,15). The highest BCUT2D eigenvalue weighted by Crippen LogP contribution is 2.34. The van der Waals surface area contributed by atoms with Crippen LogP contribution >= 0.6 is 0 Å². The maximum absolute atomic E-state index is 11.5. The lowest BCUT2D eigenvalue weighted by molar-refractivity contribution is -0.137. The molecule has 0 bridgehead atoms. The number of amides is 1. The summed E-state index contributed by atoms with van der Waals surface area (Å²) in [5.41, 5.74) is 0.0281. The Kier molecular flexibility index (Phi) is 4.12. The van der Waals surface area contributed by atoms with Crippen molar-refractivity contribution in [3.8, 4) is 0 Å². The molecule has 15 heavy (non-hydrogen) atoms. The summed E-state index contributed by atoms with van der Waals surface area (Å²) in [4.78, 5) is 21.7. The van der Waals surface area contributed by atoms with Gasteiger partial charge in [0.05, 0.1) is 0 Å². The van der Waals surface area contributed by atoms with Gasteiger partial charge in [0.25, 0.3) is 0 Å². The molecule has 0 aliphatic heterocycles. The summed E-state index contributed by atoms with van der Waals surface area (Å²) in [5, 5.41) is 11.5. The van der Waals surface area contributed by atoms with E-state index in [1.807, 2.05) is 0 Å². The minimum atomic E-state index is -0.836. The highest BCUT2D eigenvalue weighted by Gasteiger charge is 2.35. The van der Waals surface area contributed by atoms with Crippen LogP contribution in [0.15, 0.2) is 0 Å². The Bertz CT molecular complexity index is 241. The second kappa shape index (κ2) is 5.14. The number of carboxylic acids is 1. The van der Waals surface area contributed by atoms with E-state index in [-0.39, 0.29) is 17.9 Å². The van der Waals surface area contributed by atoms with Crippen molar-refractivity contribution in [2.24, 2.45) is 0 Å². The highest BCUT2D eigenvalue weighted by atomic mass is 16.4. The second-order valence-electron chi connectivity index (χ2n) is 4.28. The van der Waals surface area contributed by atoms with E-state index < -0.39 is 5.97 Å². The summed E-state index contributed by atoms with van der Waals surface area (Å²) in [6, 6.07) is 0. The maximum atomic E-state index is 11.5. The molecule has 4 heteroatoms. The molecule has 1 fully saturated rings. The molecule has 0 spiro atoms. The van der Waals surface area contributed by atoms with Gasteiger partial charge in [0, 0.05) is 18.4 Å². The van der Waals surface area contributed by atoms with E-state index >= 15 is 0 Å². The first kappa shape index (κ1) is 12.0. The van der Waals surface area contributed by atoms with E-state index in [0.717, 1.165) is 19.3 Å². The molecule has 1 aliphatic carbocycles. The van der Waals surface area contributed by atoms with Gasteiger partial charge in [0.15, 0.2) is 0 Å². The molecule has 0 aromatic heterocycles. The minimum absolute atomic E-state index is 0.00204. The summed E-state index contributed by atoms with van der Waals surface area (Å²) in [6.45, 7) is 2.08. The Hall–Kier alpha value is -1.06. The molecule has 0 radical (unpaired) electrons. The van der Waals surface area contributed by atoms with Gasteiger partial charge < -0.3 is 10.4 Å². The van der Waals surface area contributed by atoms with Crippen LogP contribution in [0.5, 0.6) is 0 Å². The topological polar surface area (TPSA) is 66.4 Å². The van der Waals surface area contributed by atoms with Crippen LogP contribution in [0.4, 0.5) is 0 Å².